The van der Waals surface area contributed by atoms with Crippen LogP contribution in [-0.4, -0.2) is 38.7 Å². The predicted octanol–water partition coefficient (Wildman–Crippen LogP) is 1.49. The van der Waals surface area contributed by atoms with Crippen molar-refractivity contribution in [3.8, 4) is 11.5 Å². The molecule has 2 aromatic rings. The van der Waals surface area contributed by atoms with Crippen LogP contribution in [-0.2, 0) is 9.59 Å². The quantitative estimate of drug-likeness (QED) is 0.831. The van der Waals surface area contributed by atoms with Crippen LogP contribution in [0.4, 0.5) is 5.69 Å². The SMILES string of the molecule is O=C(O)CSCC(=O)Nc1ccc(-c2nnco2)cc1. The molecular weight excluding hydrogens is 282 g/mol. The average molecular weight is 293 g/mol. The standard InChI is InChI=1S/C12H11N3O4S/c16-10(5-20-6-11(17)18)14-9-3-1-8(2-4-9)12-15-13-7-19-12/h1-4,7H,5-6H2,(H,14,16)(H,17,18). The Morgan fingerprint density at radius 1 is 1.25 bits per heavy atom. The van der Waals surface area contributed by atoms with Crippen LogP contribution in [0.1, 0.15) is 0 Å². The predicted molar refractivity (Wildman–Crippen MR) is 73.3 cm³/mol. The summed E-state index contributed by atoms with van der Waals surface area (Å²) in [5, 5.41) is 18.5. The second-order valence-electron chi connectivity index (χ2n) is 3.76. The number of nitrogens with one attached hydrogen (secondary N) is 1. The molecule has 2 rings (SSSR count). The van der Waals surface area contributed by atoms with Gasteiger partial charge in [0.15, 0.2) is 0 Å². The van der Waals surface area contributed by atoms with Gasteiger partial charge < -0.3 is 14.8 Å². The smallest absolute Gasteiger partial charge is 0.313 e. The van der Waals surface area contributed by atoms with Crippen molar-refractivity contribution < 1.29 is 19.1 Å². The van der Waals surface area contributed by atoms with E-state index in [0.29, 0.717) is 11.6 Å². The number of carboxylic acid groups (broad SMARTS) is 1. The van der Waals surface area contributed by atoms with Crippen LogP contribution in [0.15, 0.2) is 35.1 Å². The average Bonchev–Trinajstić information content (AvgIpc) is 2.93. The second-order valence-corrected chi connectivity index (χ2v) is 4.74. The molecule has 2 N–H and O–H groups in total. The summed E-state index contributed by atoms with van der Waals surface area (Å²) in [6, 6.07) is 6.90. The Hall–Kier alpha value is -2.35. The Kier molecular flexibility index (Phi) is 4.72. The van der Waals surface area contributed by atoms with E-state index in [1.807, 2.05) is 0 Å². The van der Waals surface area contributed by atoms with Crippen molar-refractivity contribution in [1.29, 1.82) is 0 Å². The van der Waals surface area contributed by atoms with E-state index in [9.17, 15) is 9.59 Å². The molecule has 0 aliphatic rings. The molecule has 1 amide bonds. The fourth-order valence-electron chi connectivity index (χ4n) is 1.42. The number of carbonyl (C=O) groups is 2. The molecule has 0 saturated heterocycles. The van der Waals surface area contributed by atoms with Crippen molar-refractivity contribution in [3.63, 3.8) is 0 Å². The van der Waals surface area contributed by atoms with Crippen molar-refractivity contribution in [2.45, 2.75) is 0 Å². The van der Waals surface area contributed by atoms with Crippen molar-refractivity contribution >= 4 is 29.3 Å². The Labute approximate surface area is 118 Å². The maximum atomic E-state index is 11.5. The van der Waals surface area contributed by atoms with Crippen molar-refractivity contribution in [2.75, 3.05) is 16.8 Å². The first-order valence-electron chi connectivity index (χ1n) is 5.61. The monoisotopic (exact) mass is 293 g/mol. The third-order valence-corrected chi connectivity index (χ3v) is 3.15. The molecule has 0 atom stereocenters. The number of hydrogen-bond acceptors (Lipinski definition) is 6. The van der Waals surface area contributed by atoms with Gasteiger partial charge in [0.05, 0.1) is 11.5 Å². The fraction of sp³-hybridized carbons (Fsp3) is 0.167. The largest absolute Gasteiger partial charge is 0.481 e. The summed E-state index contributed by atoms with van der Waals surface area (Å²) in [4.78, 5) is 21.9. The lowest BCUT2D eigenvalue weighted by atomic mass is 10.2. The number of amides is 1. The van der Waals surface area contributed by atoms with Gasteiger partial charge in [-0.3, -0.25) is 9.59 Å². The molecule has 0 radical (unpaired) electrons. The number of carbonyl (C=O) groups excluding carboxylic acids is 1. The maximum absolute atomic E-state index is 11.5. The van der Waals surface area contributed by atoms with Crippen LogP contribution < -0.4 is 5.32 Å². The Bertz CT molecular complexity index is 583. The lowest BCUT2D eigenvalue weighted by Crippen LogP contribution is -2.15. The first-order valence-corrected chi connectivity index (χ1v) is 6.76. The van der Waals surface area contributed by atoms with E-state index in [2.05, 4.69) is 15.5 Å². The van der Waals surface area contributed by atoms with E-state index in [1.165, 1.54) is 6.39 Å². The Morgan fingerprint density at radius 3 is 2.60 bits per heavy atom. The molecule has 0 aliphatic carbocycles. The highest BCUT2D eigenvalue weighted by Gasteiger charge is 2.06. The molecule has 104 valence electrons. The molecule has 0 aliphatic heterocycles. The van der Waals surface area contributed by atoms with Gasteiger partial charge in [-0.25, -0.2) is 0 Å². The summed E-state index contributed by atoms with van der Waals surface area (Å²) < 4.78 is 5.05. The van der Waals surface area contributed by atoms with Crippen molar-refractivity contribution in [2.24, 2.45) is 0 Å². The van der Waals surface area contributed by atoms with Gasteiger partial charge in [-0.05, 0) is 24.3 Å². The number of rotatable bonds is 6. The maximum Gasteiger partial charge on any atom is 0.313 e. The number of aliphatic carboxylic acids is 1. The molecule has 0 unspecified atom stereocenters. The van der Waals surface area contributed by atoms with Crippen molar-refractivity contribution in [1.82, 2.24) is 10.2 Å². The van der Waals surface area contributed by atoms with E-state index in [-0.39, 0.29) is 17.4 Å². The molecule has 0 spiro atoms. The minimum atomic E-state index is -0.938. The topological polar surface area (TPSA) is 105 Å². The summed E-state index contributed by atoms with van der Waals surface area (Å²) in [5.41, 5.74) is 1.37. The van der Waals surface area contributed by atoms with Gasteiger partial charge in [-0.2, -0.15) is 0 Å². The van der Waals surface area contributed by atoms with E-state index in [4.69, 9.17) is 9.52 Å². The highest BCUT2D eigenvalue weighted by Crippen LogP contribution is 2.18. The minimum Gasteiger partial charge on any atom is -0.481 e. The normalized spacial score (nSPS) is 10.2. The molecular formula is C12H11N3O4S. The van der Waals surface area contributed by atoms with Gasteiger partial charge in [-0.15, -0.1) is 22.0 Å². The molecule has 7 nitrogen and oxygen atoms in total. The summed E-state index contributed by atoms with van der Waals surface area (Å²) in [7, 11) is 0. The molecule has 0 fully saturated rings. The Balaban J connectivity index is 1.87. The summed E-state index contributed by atoms with van der Waals surface area (Å²) >= 11 is 1.05. The van der Waals surface area contributed by atoms with Crippen LogP contribution in [0.3, 0.4) is 0 Å². The number of carboxylic acids is 1. The van der Waals surface area contributed by atoms with E-state index in [0.717, 1.165) is 17.3 Å². The zero-order valence-corrected chi connectivity index (χ0v) is 11.1. The van der Waals surface area contributed by atoms with Crippen LogP contribution in [0, 0.1) is 0 Å². The third-order valence-electron chi connectivity index (χ3n) is 2.23. The number of anilines is 1. The number of hydrogen-bond donors (Lipinski definition) is 2. The number of aromatic nitrogens is 2. The summed E-state index contributed by atoms with van der Waals surface area (Å²) in [6.45, 7) is 0. The molecule has 0 bridgehead atoms. The van der Waals surface area contributed by atoms with Gasteiger partial charge in [0.1, 0.15) is 0 Å². The summed E-state index contributed by atoms with van der Waals surface area (Å²) in [6.07, 6.45) is 1.24. The number of benzene rings is 1. The summed E-state index contributed by atoms with van der Waals surface area (Å²) in [5.74, 6) is -0.783. The van der Waals surface area contributed by atoms with Gasteiger partial charge in [0.2, 0.25) is 18.2 Å². The zero-order valence-electron chi connectivity index (χ0n) is 10.3. The molecule has 20 heavy (non-hydrogen) atoms. The number of thioether (sulfide) groups is 1. The first kappa shape index (κ1) is 14.1. The lowest BCUT2D eigenvalue weighted by Gasteiger charge is -2.04. The van der Waals surface area contributed by atoms with Crippen LogP contribution in [0.5, 0.6) is 0 Å². The second kappa shape index (κ2) is 6.71. The number of nitrogens with zero attached hydrogens (tertiary/aromatic N) is 2. The van der Waals surface area contributed by atoms with Gasteiger partial charge in [0, 0.05) is 11.3 Å². The van der Waals surface area contributed by atoms with E-state index >= 15 is 0 Å². The molecule has 1 aromatic heterocycles. The van der Waals surface area contributed by atoms with Crippen LogP contribution in [0.2, 0.25) is 0 Å². The van der Waals surface area contributed by atoms with Crippen LogP contribution >= 0.6 is 11.8 Å². The van der Waals surface area contributed by atoms with E-state index < -0.39 is 5.97 Å². The van der Waals surface area contributed by atoms with Gasteiger partial charge in [0.25, 0.3) is 0 Å². The molecule has 1 aromatic carbocycles. The lowest BCUT2D eigenvalue weighted by molar-refractivity contribution is -0.133. The highest BCUT2D eigenvalue weighted by molar-refractivity contribution is 8.00. The first-order chi connectivity index (χ1) is 9.65. The highest BCUT2D eigenvalue weighted by atomic mass is 32.2. The minimum absolute atomic E-state index is 0.0937. The van der Waals surface area contributed by atoms with Crippen molar-refractivity contribution in [3.05, 3.63) is 30.7 Å². The molecule has 1 heterocycles. The van der Waals surface area contributed by atoms with Gasteiger partial charge in [-0.1, -0.05) is 0 Å². The van der Waals surface area contributed by atoms with Gasteiger partial charge >= 0.3 is 5.97 Å². The zero-order chi connectivity index (χ0) is 14.4. The Morgan fingerprint density at radius 2 is 2.00 bits per heavy atom. The molecule has 0 saturated carbocycles. The molecule has 8 heteroatoms. The van der Waals surface area contributed by atoms with E-state index in [1.54, 1.807) is 24.3 Å². The van der Waals surface area contributed by atoms with Crippen LogP contribution in [0.25, 0.3) is 11.5 Å². The third kappa shape index (κ3) is 4.09. The fourth-order valence-corrected chi connectivity index (χ4v) is 1.96.